The van der Waals surface area contributed by atoms with Crippen LogP contribution >= 0.6 is 15.9 Å². The van der Waals surface area contributed by atoms with Gasteiger partial charge in [0.2, 0.25) is 0 Å². The van der Waals surface area contributed by atoms with Crippen molar-refractivity contribution in [3.8, 4) is 11.1 Å². The summed E-state index contributed by atoms with van der Waals surface area (Å²) in [7, 11) is 0. The van der Waals surface area contributed by atoms with Gasteiger partial charge < -0.3 is 5.32 Å². The standard InChI is InChI=1S/C25H20BrF2N/c1-17-4-2-3-5-24(17)25(28)15-21(27)14-23(16-25)29-22-12-8-19(9-13-22)18-6-10-20(26)11-7-18/h2-15,29H,16H2,1H3. The topological polar surface area (TPSA) is 12.0 Å². The van der Waals surface area contributed by atoms with E-state index < -0.39 is 11.5 Å². The number of alkyl halides is 1. The van der Waals surface area contributed by atoms with Crippen LogP contribution in [-0.4, -0.2) is 0 Å². The largest absolute Gasteiger partial charge is 0.359 e. The van der Waals surface area contributed by atoms with Crippen LogP contribution in [0.4, 0.5) is 14.5 Å². The second-order valence-electron chi connectivity index (χ2n) is 7.26. The third-order valence-corrected chi connectivity index (χ3v) is 5.62. The van der Waals surface area contributed by atoms with Crippen molar-refractivity contribution >= 4 is 21.6 Å². The van der Waals surface area contributed by atoms with Crippen molar-refractivity contribution in [2.75, 3.05) is 5.32 Å². The summed E-state index contributed by atoms with van der Waals surface area (Å²) in [6.07, 6.45) is 2.48. The second-order valence-corrected chi connectivity index (χ2v) is 8.18. The number of hydrogen-bond acceptors (Lipinski definition) is 1. The van der Waals surface area contributed by atoms with E-state index in [1.54, 1.807) is 12.1 Å². The van der Waals surface area contributed by atoms with Gasteiger partial charge in [0.15, 0.2) is 5.67 Å². The number of benzene rings is 3. The van der Waals surface area contributed by atoms with Crippen molar-refractivity contribution < 1.29 is 8.78 Å². The Kier molecular flexibility index (Phi) is 5.37. The molecule has 0 spiro atoms. The van der Waals surface area contributed by atoms with Crippen LogP contribution in [0.5, 0.6) is 0 Å². The number of halogens is 3. The Balaban J connectivity index is 1.54. The van der Waals surface area contributed by atoms with Gasteiger partial charge in [-0.1, -0.05) is 64.5 Å². The highest BCUT2D eigenvalue weighted by molar-refractivity contribution is 9.10. The first-order valence-electron chi connectivity index (χ1n) is 9.40. The molecule has 4 heteroatoms. The SMILES string of the molecule is Cc1ccccc1C1(F)C=C(F)C=C(Nc2ccc(-c3ccc(Br)cc3)cc2)C1. The molecule has 3 aromatic rings. The zero-order chi connectivity index (χ0) is 20.4. The van der Waals surface area contributed by atoms with Gasteiger partial charge in [-0.3, -0.25) is 0 Å². The highest BCUT2D eigenvalue weighted by Crippen LogP contribution is 2.41. The van der Waals surface area contributed by atoms with Crippen molar-refractivity contribution in [2.24, 2.45) is 0 Å². The molecule has 0 bridgehead atoms. The maximum atomic E-state index is 15.7. The minimum atomic E-state index is -1.87. The molecule has 1 nitrogen and oxygen atoms in total. The van der Waals surface area contributed by atoms with Crippen molar-refractivity contribution in [3.63, 3.8) is 0 Å². The van der Waals surface area contributed by atoms with Crippen molar-refractivity contribution in [1.29, 1.82) is 0 Å². The molecule has 1 aliphatic rings. The molecule has 0 amide bonds. The normalized spacial score (nSPS) is 18.8. The fourth-order valence-corrected chi connectivity index (χ4v) is 3.94. The lowest BCUT2D eigenvalue weighted by molar-refractivity contribution is 0.224. The first-order chi connectivity index (χ1) is 13.9. The van der Waals surface area contributed by atoms with E-state index in [1.165, 1.54) is 6.08 Å². The summed E-state index contributed by atoms with van der Waals surface area (Å²) in [5.74, 6) is -0.573. The Bertz CT molecular complexity index is 1080. The monoisotopic (exact) mass is 451 g/mol. The van der Waals surface area contributed by atoms with Gasteiger partial charge in [-0.2, -0.15) is 0 Å². The molecule has 0 saturated carbocycles. The van der Waals surface area contributed by atoms with Crippen LogP contribution < -0.4 is 5.32 Å². The number of anilines is 1. The van der Waals surface area contributed by atoms with E-state index in [0.29, 0.717) is 11.3 Å². The lowest BCUT2D eigenvalue weighted by atomic mass is 9.85. The third kappa shape index (κ3) is 4.33. The van der Waals surface area contributed by atoms with Gasteiger partial charge in [0.1, 0.15) is 5.83 Å². The predicted molar refractivity (Wildman–Crippen MR) is 119 cm³/mol. The molecule has 0 aliphatic heterocycles. The Morgan fingerprint density at radius 3 is 2.17 bits per heavy atom. The summed E-state index contributed by atoms with van der Waals surface area (Å²) < 4.78 is 31.0. The van der Waals surface area contributed by atoms with Gasteiger partial charge in [0.05, 0.1) is 0 Å². The molecule has 146 valence electrons. The van der Waals surface area contributed by atoms with E-state index in [9.17, 15) is 4.39 Å². The highest BCUT2D eigenvalue weighted by atomic mass is 79.9. The maximum absolute atomic E-state index is 15.7. The van der Waals surface area contributed by atoms with Gasteiger partial charge >= 0.3 is 0 Å². The van der Waals surface area contributed by atoms with Crippen molar-refractivity contribution in [1.82, 2.24) is 0 Å². The molecule has 0 saturated heterocycles. The summed E-state index contributed by atoms with van der Waals surface area (Å²) in [6.45, 7) is 1.84. The molecular formula is C25H20BrF2N. The van der Waals surface area contributed by atoms with Crippen LogP contribution in [0.3, 0.4) is 0 Å². The Hall–Kier alpha value is -2.72. The molecule has 3 aromatic carbocycles. The van der Waals surface area contributed by atoms with E-state index >= 15 is 4.39 Å². The summed E-state index contributed by atoms with van der Waals surface area (Å²) in [4.78, 5) is 0. The molecule has 1 atom stereocenters. The number of allylic oxidation sites excluding steroid dienone is 4. The van der Waals surface area contributed by atoms with Crippen LogP contribution in [0, 0.1) is 6.92 Å². The van der Waals surface area contributed by atoms with Crippen LogP contribution in [0.25, 0.3) is 11.1 Å². The summed E-state index contributed by atoms with van der Waals surface area (Å²) in [5, 5.41) is 3.18. The molecule has 1 N–H and O–H groups in total. The van der Waals surface area contributed by atoms with E-state index in [2.05, 4.69) is 21.2 Å². The van der Waals surface area contributed by atoms with Gasteiger partial charge in [-0.25, -0.2) is 8.78 Å². The van der Waals surface area contributed by atoms with Gasteiger partial charge in [0, 0.05) is 22.3 Å². The predicted octanol–water partition coefficient (Wildman–Crippen LogP) is 7.84. The third-order valence-electron chi connectivity index (χ3n) is 5.09. The highest BCUT2D eigenvalue weighted by Gasteiger charge is 2.35. The van der Waals surface area contributed by atoms with E-state index in [1.807, 2.05) is 67.6 Å². The quantitative estimate of drug-likeness (QED) is 0.425. The van der Waals surface area contributed by atoms with Crippen LogP contribution in [0.1, 0.15) is 17.5 Å². The molecule has 0 heterocycles. The molecule has 1 aliphatic carbocycles. The van der Waals surface area contributed by atoms with Crippen LogP contribution in [0.2, 0.25) is 0 Å². The van der Waals surface area contributed by atoms with Crippen LogP contribution in [0.15, 0.2) is 101 Å². The molecule has 0 aromatic heterocycles. The first kappa shape index (κ1) is 19.6. The number of hydrogen-bond donors (Lipinski definition) is 1. The zero-order valence-corrected chi connectivity index (χ0v) is 17.5. The van der Waals surface area contributed by atoms with E-state index in [0.717, 1.165) is 32.9 Å². The fraction of sp³-hybridized carbons (Fsp3) is 0.120. The summed E-state index contributed by atoms with van der Waals surface area (Å²) >= 11 is 3.44. The molecule has 1 unspecified atom stereocenters. The summed E-state index contributed by atoms with van der Waals surface area (Å²) in [6, 6.07) is 23.1. The number of aryl methyl sites for hydroxylation is 1. The Morgan fingerprint density at radius 2 is 1.52 bits per heavy atom. The molecule has 4 rings (SSSR count). The maximum Gasteiger partial charge on any atom is 0.162 e. The number of rotatable bonds is 4. The van der Waals surface area contributed by atoms with Gasteiger partial charge in [-0.15, -0.1) is 0 Å². The second kappa shape index (κ2) is 7.96. The smallest absolute Gasteiger partial charge is 0.162 e. The average molecular weight is 452 g/mol. The zero-order valence-electron chi connectivity index (χ0n) is 15.9. The first-order valence-corrected chi connectivity index (χ1v) is 10.2. The van der Waals surface area contributed by atoms with Gasteiger partial charge in [-0.05, 0) is 65.6 Å². The lowest BCUT2D eigenvalue weighted by Gasteiger charge is -2.28. The Morgan fingerprint density at radius 1 is 0.897 bits per heavy atom. The number of nitrogens with one attached hydrogen (secondary N) is 1. The van der Waals surface area contributed by atoms with Crippen molar-refractivity contribution in [3.05, 3.63) is 112 Å². The van der Waals surface area contributed by atoms with E-state index in [-0.39, 0.29) is 6.42 Å². The molecule has 29 heavy (non-hydrogen) atoms. The van der Waals surface area contributed by atoms with Crippen molar-refractivity contribution in [2.45, 2.75) is 19.0 Å². The van der Waals surface area contributed by atoms with Crippen LogP contribution in [-0.2, 0) is 5.67 Å². The molecular weight excluding hydrogens is 432 g/mol. The van der Waals surface area contributed by atoms with E-state index in [4.69, 9.17) is 0 Å². The summed E-state index contributed by atoms with van der Waals surface area (Å²) in [5.41, 5.74) is 2.90. The Labute approximate surface area is 177 Å². The van der Waals surface area contributed by atoms with Gasteiger partial charge in [0.25, 0.3) is 0 Å². The average Bonchev–Trinajstić information content (AvgIpc) is 2.69. The lowest BCUT2D eigenvalue weighted by Crippen LogP contribution is -2.24. The fourth-order valence-electron chi connectivity index (χ4n) is 3.67. The minimum Gasteiger partial charge on any atom is -0.359 e. The molecule has 0 radical (unpaired) electrons. The molecule has 0 fully saturated rings. The minimum absolute atomic E-state index is 0.0553.